The Hall–Kier alpha value is -2.08. The Bertz CT molecular complexity index is 700. The van der Waals surface area contributed by atoms with E-state index in [1.165, 1.54) is 0 Å². The van der Waals surface area contributed by atoms with Crippen LogP contribution in [0.25, 0.3) is 0 Å². The third-order valence-corrected chi connectivity index (χ3v) is 5.23. The van der Waals surface area contributed by atoms with Gasteiger partial charge in [0.25, 0.3) is 0 Å². The van der Waals surface area contributed by atoms with Crippen LogP contribution in [0.2, 0.25) is 0 Å². The number of hydrogen-bond donors (Lipinski definition) is 0. The molecule has 0 saturated carbocycles. The summed E-state index contributed by atoms with van der Waals surface area (Å²) in [4.78, 5) is 14.3. The molecule has 0 spiro atoms. The number of carbonyl (C=O) groups excluding carboxylic acids is 1. The van der Waals surface area contributed by atoms with Gasteiger partial charge in [0.1, 0.15) is 11.1 Å². The lowest BCUT2D eigenvalue weighted by atomic mass is 10.1. The van der Waals surface area contributed by atoms with E-state index in [1.807, 2.05) is 42.2 Å². The van der Waals surface area contributed by atoms with Gasteiger partial charge in [-0.15, -0.1) is 11.8 Å². The van der Waals surface area contributed by atoms with E-state index < -0.39 is 0 Å². The summed E-state index contributed by atoms with van der Waals surface area (Å²) in [5, 5.41) is -0.104. The van der Waals surface area contributed by atoms with E-state index in [9.17, 15) is 4.79 Å². The van der Waals surface area contributed by atoms with Crippen LogP contribution < -0.4 is 9.47 Å². The number of furan rings is 1. The molecule has 3 heterocycles. The number of nitrogens with zero attached hydrogens (tertiary/aromatic N) is 1. The average Bonchev–Trinajstić information content (AvgIpc) is 3.24. The minimum atomic E-state index is -0.0645. The molecule has 0 bridgehead atoms. The first-order valence-corrected chi connectivity index (χ1v) is 8.04. The predicted octanol–water partition coefficient (Wildman–Crippen LogP) is 3.17. The molecule has 0 unspecified atom stereocenters. The van der Waals surface area contributed by atoms with Crippen molar-refractivity contribution in [2.24, 2.45) is 0 Å². The van der Waals surface area contributed by atoms with Crippen LogP contribution >= 0.6 is 11.8 Å². The van der Waals surface area contributed by atoms with Crippen LogP contribution in [0.5, 0.6) is 11.5 Å². The van der Waals surface area contributed by atoms with Gasteiger partial charge in [-0.3, -0.25) is 4.79 Å². The van der Waals surface area contributed by atoms with Gasteiger partial charge in [-0.25, -0.2) is 0 Å². The SMILES string of the molecule is C[C@H]1S[C@H](c2ccc3c(c2)OCO3)N(Cc2ccco2)C1=O. The molecule has 114 valence electrons. The first-order chi connectivity index (χ1) is 10.7. The predicted molar refractivity (Wildman–Crippen MR) is 81.6 cm³/mol. The fourth-order valence-corrected chi connectivity index (χ4v) is 4.00. The maximum absolute atomic E-state index is 12.5. The summed E-state index contributed by atoms with van der Waals surface area (Å²) in [6.45, 7) is 2.67. The van der Waals surface area contributed by atoms with Crippen LogP contribution in [0.15, 0.2) is 41.0 Å². The molecule has 0 N–H and O–H groups in total. The van der Waals surface area contributed by atoms with E-state index in [1.54, 1.807) is 18.0 Å². The molecule has 1 saturated heterocycles. The van der Waals surface area contributed by atoms with E-state index in [4.69, 9.17) is 13.9 Å². The number of benzene rings is 1. The number of thioether (sulfide) groups is 1. The first-order valence-electron chi connectivity index (χ1n) is 7.10. The van der Waals surface area contributed by atoms with Crippen molar-refractivity contribution >= 4 is 17.7 Å². The van der Waals surface area contributed by atoms with Gasteiger partial charge in [0.05, 0.1) is 18.1 Å². The highest BCUT2D eigenvalue weighted by molar-refractivity contribution is 8.01. The summed E-state index contributed by atoms with van der Waals surface area (Å²) in [6.07, 6.45) is 1.63. The molecular formula is C16H15NO4S. The van der Waals surface area contributed by atoms with Gasteiger partial charge in [0.15, 0.2) is 11.5 Å². The van der Waals surface area contributed by atoms with Crippen molar-refractivity contribution in [3.63, 3.8) is 0 Å². The normalized spacial score (nSPS) is 23.3. The quantitative estimate of drug-likeness (QED) is 0.870. The summed E-state index contributed by atoms with van der Waals surface area (Å²) in [6, 6.07) is 9.57. The Morgan fingerprint density at radius 2 is 2.14 bits per heavy atom. The zero-order valence-electron chi connectivity index (χ0n) is 12.0. The molecule has 2 aromatic rings. The molecule has 6 heteroatoms. The van der Waals surface area contributed by atoms with Crippen molar-refractivity contribution in [1.82, 2.24) is 4.90 Å². The average molecular weight is 317 g/mol. The van der Waals surface area contributed by atoms with Gasteiger partial charge in [0.2, 0.25) is 12.7 Å². The number of ether oxygens (including phenoxy) is 2. The van der Waals surface area contributed by atoms with E-state index >= 15 is 0 Å². The van der Waals surface area contributed by atoms with E-state index in [-0.39, 0.29) is 23.3 Å². The Kier molecular flexibility index (Phi) is 3.26. The van der Waals surface area contributed by atoms with Gasteiger partial charge in [-0.1, -0.05) is 6.07 Å². The second kappa shape index (κ2) is 5.28. The summed E-state index contributed by atoms with van der Waals surface area (Å²) < 4.78 is 16.2. The van der Waals surface area contributed by atoms with E-state index in [0.717, 1.165) is 22.8 Å². The third-order valence-electron chi connectivity index (χ3n) is 3.84. The number of rotatable bonds is 3. The van der Waals surface area contributed by atoms with Gasteiger partial charge < -0.3 is 18.8 Å². The fourth-order valence-electron chi connectivity index (χ4n) is 2.73. The standard InChI is InChI=1S/C16H15NO4S/c1-10-15(18)17(8-12-3-2-6-19-12)16(22-10)11-4-5-13-14(7-11)21-9-20-13/h2-7,10,16H,8-9H2,1H3/t10-,16-/m1/s1. The Morgan fingerprint density at radius 3 is 2.95 bits per heavy atom. The van der Waals surface area contributed by atoms with Crippen LogP contribution in [0.4, 0.5) is 0 Å². The topological polar surface area (TPSA) is 51.9 Å². The zero-order valence-corrected chi connectivity index (χ0v) is 12.8. The molecule has 4 rings (SSSR count). The maximum atomic E-state index is 12.5. The van der Waals surface area contributed by atoms with Crippen molar-refractivity contribution in [3.05, 3.63) is 47.9 Å². The lowest BCUT2D eigenvalue weighted by Gasteiger charge is -2.23. The highest BCUT2D eigenvalue weighted by Crippen LogP contribution is 2.46. The van der Waals surface area contributed by atoms with E-state index in [2.05, 4.69) is 0 Å². The van der Waals surface area contributed by atoms with Crippen LogP contribution in [0.1, 0.15) is 23.6 Å². The molecule has 2 aliphatic heterocycles. The summed E-state index contributed by atoms with van der Waals surface area (Å²) in [5.74, 6) is 2.41. The summed E-state index contributed by atoms with van der Waals surface area (Å²) in [7, 11) is 0. The maximum Gasteiger partial charge on any atom is 0.237 e. The van der Waals surface area contributed by atoms with Gasteiger partial charge in [-0.2, -0.15) is 0 Å². The minimum absolute atomic E-state index is 0.0397. The number of amides is 1. The monoisotopic (exact) mass is 317 g/mol. The van der Waals surface area contributed by atoms with Crippen LogP contribution in [0.3, 0.4) is 0 Å². The highest BCUT2D eigenvalue weighted by atomic mass is 32.2. The second-order valence-corrected chi connectivity index (χ2v) is 6.71. The molecule has 2 atom stereocenters. The van der Waals surface area contributed by atoms with Crippen LogP contribution in [0, 0.1) is 0 Å². The fraction of sp³-hybridized carbons (Fsp3) is 0.312. The lowest BCUT2D eigenvalue weighted by Crippen LogP contribution is -2.29. The first kappa shape index (κ1) is 13.6. The molecular weight excluding hydrogens is 302 g/mol. The van der Waals surface area contributed by atoms with Crippen molar-refractivity contribution in [2.75, 3.05) is 6.79 Å². The van der Waals surface area contributed by atoms with Crippen molar-refractivity contribution in [3.8, 4) is 11.5 Å². The van der Waals surface area contributed by atoms with Gasteiger partial charge in [0, 0.05) is 0 Å². The lowest BCUT2D eigenvalue weighted by molar-refractivity contribution is -0.130. The zero-order chi connectivity index (χ0) is 15.1. The minimum Gasteiger partial charge on any atom is -0.467 e. The van der Waals surface area contributed by atoms with Gasteiger partial charge >= 0.3 is 0 Å². The molecule has 0 radical (unpaired) electrons. The van der Waals surface area contributed by atoms with Crippen molar-refractivity contribution in [1.29, 1.82) is 0 Å². The second-order valence-electron chi connectivity index (χ2n) is 5.29. The Labute approximate surface area is 132 Å². The third kappa shape index (κ3) is 2.23. The molecule has 5 nitrogen and oxygen atoms in total. The highest BCUT2D eigenvalue weighted by Gasteiger charge is 2.39. The van der Waals surface area contributed by atoms with Crippen molar-refractivity contribution < 1.29 is 18.7 Å². The molecule has 22 heavy (non-hydrogen) atoms. The number of fused-ring (bicyclic) bond motifs is 1. The van der Waals surface area contributed by atoms with Crippen LogP contribution in [-0.4, -0.2) is 22.8 Å². The Balaban J connectivity index is 1.65. The molecule has 1 aromatic carbocycles. The molecule has 1 aromatic heterocycles. The molecule has 0 aliphatic carbocycles. The van der Waals surface area contributed by atoms with Crippen molar-refractivity contribution in [2.45, 2.75) is 24.1 Å². The summed E-state index contributed by atoms with van der Waals surface area (Å²) in [5.41, 5.74) is 1.04. The van der Waals surface area contributed by atoms with E-state index in [0.29, 0.717) is 6.54 Å². The molecule has 1 amide bonds. The largest absolute Gasteiger partial charge is 0.467 e. The molecule has 2 aliphatic rings. The van der Waals surface area contributed by atoms with Gasteiger partial charge in [-0.05, 0) is 36.8 Å². The molecule has 1 fully saturated rings. The summed E-state index contributed by atoms with van der Waals surface area (Å²) >= 11 is 1.64. The number of hydrogen-bond acceptors (Lipinski definition) is 5. The van der Waals surface area contributed by atoms with Crippen LogP contribution in [-0.2, 0) is 11.3 Å². The Morgan fingerprint density at radius 1 is 1.27 bits per heavy atom. The smallest absolute Gasteiger partial charge is 0.237 e. The number of carbonyl (C=O) groups is 1.